The summed E-state index contributed by atoms with van der Waals surface area (Å²) < 4.78 is 85.1. The largest absolute Gasteiger partial charge is 0.465 e. The molecule has 5 aromatic rings. The number of nitrogens with zero attached hydrogens (tertiary/aromatic N) is 1. The lowest BCUT2D eigenvalue weighted by Gasteiger charge is -2.15. The second-order valence-corrected chi connectivity index (χ2v) is 18.4. The Morgan fingerprint density at radius 3 is 1.64 bits per heavy atom. The molecule has 5 rings (SSSR count). The van der Waals surface area contributed by atoms with Crippen molar-refractivity contribution in [3.8, 4) is 23.0 Å². The maximum atomic E-state index is 12.7. The predicted molar refractivity (Wildman–Crippen MR) is 208 cm³/mol. The molecule has 1 heterocycles. The van der Waals surface area contributed by atoms with Gasteiger partial charge in [0.15, 0.2) is 24.8 Å². The molecule has 0 aliphatic carbocycles. The molecule has 0 saturated heterocycles. The first-order valence-corrected chi connectivity index (χ1v) is 22.8. The number of esters is 1. The summed E-state index contributed by atoms with van der Waals surface area (Å²) in [6, 6.07) is 25.1. The zero-order chi connectivity index (χ0) is 40.2. The van der Waals surface area contributed by atoms with Gasteiger partial charge in [0, 0.05) is 23.5 Å². The van der Waals surface area contributed by atoms with E-state index in [2.05, 4.69) is 15.0 Å². The van der Waals surface area contributed by atoms with Gasteiger partial charge in [-0.2, -0.15) is 0 Å². The Bertz CT molecular complexity index is 2350. The van der Waals surface area contributed by atoms with Gasteiger partial charge in [-0.3, -0.25) is 14.7 Å². The van der Waals surface area contributed by atoms with Crippen molar-refractivity contribution < 1.29 is 54.2 Å². The minimum Gasteiger partial charge on any atom is -0.465 e. The quantitative estimate of drug-likeness (QED) is 0.0789. The van der Waals surface area contributed by atoms with Crippen LogP contribution in [0.1, 0.15) is 40.3 Å². The van der Waals surface area contributed by atoms with Gasteiger partial charge in [0.25, 0.3) is 5.91 Å². The minimum atomic E-state index is -3.30. The minimum absolute atomic E-state index is 0.0164. The summed E-state index contributed by atoms with van der Waals surface area (Å²) in [4.78, 5) is 28.9. The number of hydrogen-bond acceptors (Lipinski definition) is 14. The molecule has 0 radical (unpaired) electrons. The van der Waals surface area contributed by atoms with E-state index in [9.17, 15) is 31.0 Å². The fourth-order valence-electron chi connectivity index (χ4n) is 4.61. The second-order valence-electron chi connectivity index (χ2n) is 11.4. The molecule has 0 fully saturated rings. The number of aromatic nitrogens is 1. The molecule has 0 atom stereocenters. The highest BCUT2D eigenvalue weighted by Crippen LogP contribution is 2.51. The number of anilines is 1. The van der Waals surface area contributed by atoms with Crippen molar-refractivity contribution in [1.29, 1.82) is 0 Å². The average molecular weight is 831 g/mol. The lowest BCUT2D eigenvalue weighted by Crippen LogP contribution is -2.11. The Hall–Kier alpha value is -4.90. The number of sulfone groups is 2. The van der Waals surface area contributed by atoms with Crippen LogP contribution in [-0.4, -0.2) is 66.5 Å². The monoisotopic (exact) mass is 830 g/mol. The molecule has 1 aromatic heterocycles. The summed E-state index contributed by atoms with van der Waals surface area (Å²) in [6.07, 6.45) is 2.29. The Balaban J connectivity index is 0.000000274. The van der Waals surface area contributed by atoms with Crippen molar-refractivity contribution in [3.05, 3.63) is 119 Å². The number of carbonyl (C=O) groups is 2. The van der Waals surface area contributed by atoms with Crippen molar-refractivity contribution in [2.45, 2.75) is 29.8 Å². The van der Waals surface area contributed by atoms with E-state index in [1.165, 1.54) is 42.7 Å². The summed E-state index contributed by atoms with van der Waals surface area (Å²) in [5, 5.41) is 4.76. The number of thiazole rings is 1. The van der Waals surface area contributed by atoms with Crippen LogP contribution in [-0.2, 0) is 44.2 Å². The van der Waals surface area contributed by atoms with Gasteiger partial charge >= 0.3 is 13.6 Å². The maximum absolute atomic E-state index is 12.7. The van der Waals surface area contributed by atoms with Crippen LogP contribution in [0.2, 0.25) is 0 Å². The van der Waals surface area contributed by atoms with Crippen molar-refractivity contribution >= 4 is 55.6 Å². The molecule has 4 aromatic carbocycles. The van der Waals surface area contributed by atoms with Gasteiger partial charge in [-0.05, 0) is 98.8 Å². The lowest BCUT2D eigenvalue weighted by atomic mass is 10.2. The summed E-state index contributed by atoms with van der Waals surface area (Å²) in [5.41, 5.74) is 1.22. The molecule has 55 heavy (non-hydrogen) atoms. The number of hydrogen-bond donors (Lipinski definition) is 1. The Kier molecular flexibility index (Phi) is 14.9. The van der Waals surface area contributed by atoms with E-state index in [1.54, 1.807) is 92.0 Å². The van der Waals surface area contributed by atoms with Crippen molar-refractivity contribution in [2.24, 2.45) is 0 Å². The van der Waals surface area contributed by atoms with E-state index in [0.29, 0.717) is 45.0 Å². The summed E-state index contributed by atoms with van der Waals surface area (Å²) in [6.45, 7) is 3.98. The summed E-state index contributed by atoms with van der Waals surface area (Å²) in [5.74, 6) is 0.940. The van der Waals surface area contributed by atoms with E-state index in [0.717, 1.165) is 12.5 Å². The third-order valence-electron chi connectivity index (χ3n) is 7.11. The number of methoxy groups -OCH3 is 1. The van der Waals surface area contributed by atoms with Gasteiger partial charge in [-0.1, -0.05) is 12.1 Å². The standard InChI is InChI=1S/C22H25N2O7PS2.C15H14O5S/c1-4-29-32(26,30-5-2)14-17-15-33-22(23-17)24-21(25)16-7-6-8-19(13-16)31-18-9-11-20(12-10-18)34(3,27)28;1-19-15(16)11-4-3-5-13(10-11)20-12-6-8-14(9-7-12)21(2,17)18/h6-13,15H,4-5,14H2,1-3H3,(H,23,24,25);3-10H,1-2H3. The van der Waals surface area contributed by atoms with Crippen molar-refractivity contribution in [2.75, 3.05) is 38.2 Å². The molecular weight excluding hydrogens is 792 g/mol. The number of amides is 1. The van der Waals surface area contributed by atoms with E-state index in [-0.39, 0.29) is 29.2 Å². The van der Waals surface area contributed by atoms with Crippen LogP contribution < -0.4 is 14.8 Å². The molecule has 1 amide bonds. The average Bonchev–Trinajstić information content (AvgIpc) is 3.57. The SMILES string of the molecule is CCOP(=O)(Cc1csc(NC(=O)c2cccc(Oc3ccc(S(C)(=O)=O)cc3)c2)n1)OCC.COC(=O)c1cccc(Oc2ccc(S(C)(=O)=O)cc2)c1. The fraction of sp³-hybridized carbons (Fsp3) is 0.216. The second kappa shape index (κ2) is 19.1. The van der Waals surface area contributed by atoms with Crippen LogP contribution in [0.5, 0.6) is 23.0 Å². The van der Waals surface area contributed by atoms with Crippen LogP contribution in [0.25, 0.3) is 0 Å². The molecule has 0 unspecified atom stereocenters. The predicted octanol–water partition coefficient (Wildman–Crippen LogP) is 8.03. The topological polar surface area (TPSA) is 191 Å². The highest BCUT2D eigenvalue weighted by atomic mass is 32.2. The Labute approximate surface area is 323 Å². The lowest BCUT2D eigenvalue weighted by molar-refractivity contribution is 0.0600. The maximum Gasteiger partial charge on any atom is 0.337 e. The molecule has 18 heteroatoms. The van der Waals surface area contributed by atoms with E-state index in [4.69, 9.17) is 18.5 Å². The molecule has 14 nitrogen and oxygen atoms in total. The van der Waals surface area contributed by atoms with Gasteiger partial charge in [-0.15, -0.1) is 11.3 Å². The molecular formula is C37H39N2O12PS3. The fourth-order valence-corrected chi connectivity index (χ4v) is 8.31. The van der Waals surface area contributed by atoms with Crippen LogP contribution in [0.4, 0.5) is 5.13 Å². The number of benzene rings is 4. The third kappa shape index (κ3) is 13.1. The van der Waals surface area contributed by atoms with E-state index < -0.39 is 39.1 Å². The first-order chi connectivity index (χ1) is 26.0. The third-order valence-corrected chi connectivity index (χ3v) is 12.2. The van der Waals surface area contributed by atoms with E-state index >= 15 is 0 Å². The Morgan fingerprint density at radius 2 is 1.18 bits per heavy atom. The summed E-state index contributed by atoms with van der Waals surface area (Å²) >= 11 is 1.20. The molecule has 0 aliphatic rings. The highest BCUT2D eigenvalue weighted by molar-refractivity contribution is 7.91. The zero-order valence-corrected chi connectivity index (χ0v) is 33.8. The normalized spacial score (nSPS) is 11.5. The van der Waals surface area contributed by atoms with Gasteiger partial charge in [0.2, 0.25) is 0 Å². The smallest absolute Gasteiger partial charge is 0.337 e. The summed E-state index contributed by atoms with van der Waals surface area (Å²) in [7, 11) is -8.51. The van der Waals surface area contributed by atoms with Crippen LogP contribution in [0, 0.1) is 0 Å². The highest BCUT2D eigenvalue weighted by Gasteiger charge is 2.26. The van der Waals surface area contributed by atoms with Crippen molar-refractivity contribution in [1.82, 2.24) is 4.98 Å². The van der Waals surface area contributed by atoms with Crippen LogP contribution in [0.3, 0.4) is 0 Å². The number of rotatable bonds is 15. The first-order valence-electron chi connectivity index (χ1n) is 16.4. The van der Waals surface area contributed by atoms with Gasteiger partial charge < -0.3 is 23.3 Å². The van der Waals surface area contributed by atoms with Gasteiger partial charge in [0.1, 0.15) is 23.0 Å². The van der Waals surface area contributed by atoms with Gasteiger partial charge in [0.05, 0.1) is 47.5 Å². The molecule has 1 N–H and O–H groups in total. The number of nitrogens with one attached hydrogen (secondary N) is 1. The van der Waals surface area contributed by atoms with Crippen molar-refractivity contribution in [3.63, 3.8) is 0 Å². The molecule has 0 saturated carbocycles. The molecule has 0 spiro atoms. The number of carbonyl (C=O) groups excluding carboxylic acids is 2. The van der Waals surface area contributed by atoms with Crippen LogP contribution >= 0.6 is 18.9 Å². The van der Waals surface area contributed by atoms with E-state index in [1.807, 2.05) is 0 Å². The van der Waals surface area contributed by atoms with Crippen LogP contribution in [0.15, 0.2) is 112 Å². The Morgan fingerprint density at radius 1 is 0.709 bits per heavy atom. The number of ether oxygens (including phenoxy) is 3. The zero-order valence-electron chi connectivity index (χ0n) is 30.5. The van der Waals surface area contributed by atoms with Gasteiger partial charge in [-0.25, -0.2) is 26.6 Å². The molecule has 0 bridgehead atoms. The molecule has 0 aliphatic heterocycles. The first kappa shape index (κ1) is 42.8. The molecule has 292 valence electrons.